The Hall–Kier alpha value is -2.25. The number of rotatable bonds is 6. The van der Waals surface area contributed by atoms with Gasteiger partial charge in [0.1, 0.15) is 5.60 Å². The number of piperidine rings is 1. The Morgan fingerprint density at radius 3 is 2.38 bits per heavy atom. The number of hydrogen-bond acceptors (Lipinski definition) is 5. The van der Waals surface area contributed by atoms with E-state index in [9.17, 15) is 14.4 Å². The van der Waals surface area contributed by atoms with E-state index in [0.717, 1.165) is 37.9 Å². The molecule has 29 heavy (non-hydrogen) atoms. The summed E-state index contributed by atoms with van der Waals surface area (Å²) in [5.74, 6) is 0.0327. The highest BCUT2D eigenvalue weighted by atomic mass is 16.5. The third kappa shape index (κ3) is 3.46. The van der Waals surface area contributed by atoms with Crippen molar-refractivity contribution in [2.45, 2.75) is 37.7 Å². The highest BCUT2D eigenvalue weighted by Gasteiger charge is 2.53. The number of nitrogens with zero attached hydrogens (tertiary/aromatic N) is 2. The fourth-order valence-electron chi connectivity index (χ4n) is 5.66. The lowest BCUT2D eigenvalue weighted by atomic mass is 9.62. The first kappa shape index (κ1) is 20.0. The van der Waals surface area contributed by atoms with Gasteiger partial charge >= 0.3 is 0 Å². The molecule has 2 heterocycles. The molecule has 3 fully saturated rings. The van der Waals surface area contributed by atoms with Gasteiger partial charge in [-0.3, -0.25) is 19.3 Å². The summed E-state index contributed by atoms with van der Waals surface area (Å²) >= 11 is 0. The molecule has 0 radical (unpaired) electrons. The second kappa shape index (κ2) is 7.88. The highest BCUT2D eigenvalue weighted by Crippen LogP contribution is 2.51. The van der Waals surface area contributed by atoms with Crippen molar-refractivity contribution < 1.29 is 19.1 Å². The lowest BCUT2D eigenvalue weighted by Crippen LogP contribution is -2.59. The molecule has 1 saturated carbocycles. The van der Waals surface area contributed by atoms with E-state index < -0.39 is 11.5 Å². The maximum absolute atomic E-state index is 11.9. The van der Waals surface area contributed by atoms with Crippen LogP contribution < -0.4 is 5.73 Å². The van der Waals surface area contributed by atoms with Crippen molar-refractivity contribution in [1.29, 1.82) is 0 Å². The Labute approximate surface area is 171 Å². The number of primary amides is 1. The smallest absolute Gasteiger partial charge is 0.248 e. The zero-order valence-corrected chi connectivity index (χ0v) is 16.9. The molecule has 1 aromatic carbocycles. The average Bonchev–Trinajstić information content (AvgIpc) is 3.03. The Morgan fingerprint density at radius 1 is 1.14 bits per heavy atom. The van der Waals surface area contributed by atoms with Crippen LogP contribution in [0.1, 0.15) is 48.0 Å². The van der Waals surface area contributed by atoms with Gasteiger partial charge in [-0.15, -0.1) is 0 Å². The van der Waals surface area contributed by atoms with Crippen LogP contribution in [0.25, 0.3) is 0 Å². The monoisotopic (exact) mass is 399 g/mol. The van der Waals surface area contributed by atoms with Crippen molar-refractivity contribution in [2.24, 2.45) is 17.6 Å². The fraction of sp³-hybridized carbons (Fsp3) is 0.591. The van der Waals surface area contributed by atoms with Gasteiger partial charge in [-0.25, -0.2) is 0 Å². The van der Waals surface area contributed by atoms with Crippen LogP contribution in [0.3, 0.4) is 0 Å². The highest BCUT2D eigenvalue weighted by molar-refractivity contribution is 6.01. The van der Waals surface area contributed by atoms with Gasteiger partial charge < -0.3 is 15.4 Å². The number of likely N-dealkylation sites (tertiary alicyclic amines) is 2. The molecule has 3 aliphatic rings. The van der Waals surface area contributed by atoms with Crippen LogP contribution in [0.4, 0.5) is 0 Å². The maximum Gasteiger partial charge on any atom is 0.248 e. The summed E-state index contributed by atoms with van der Waals surface area (Å²) in [7, 11) is 1.76. The topological polar surface area (TPSA) is 92.9 Å². The Kier molecular flexibility index (Phi) is 5.44. The molecular formula is C22H29N3O4. The van der Waals surface area contributed by atoms with Crippen LogP contribution in [0, 0.1) is 11.8 Å². The summed E-state index contributed by atoms with van der Waals surface area (Å²) in [4.78, 5) is 39.3. The number of fused-ring (bicyclic) bond motifs is 2. The second-order valence-electron chi connectivity index (χ2n) is 8.47. The van der Waals surface area contributed by atoms with Gasteiger partial charge in [-0.05, 0) is 30.5 Å². The number of ether oxygens (including phenoxy) is 1. The molecule has 3 amide bonds. The summed E-state index contributed by atoms with van der Waals surface area (Å²) in [5, 5.41) is 0. The van der Waals surface area contributed by atoms with Crippen LogP contribution in [0.5, 0.6) is 0 Å². The molecule has 2 N–H and O–H groups in total. The molecule has 0 spiro atoms. The molecule has 2 saturated heterocycles. The predicted molar refractivity (Wildman–Crippen MR) is 107 cm³/mol. The molecule has 1 aromatic rings. The molecule has 3 atom stereocenters. The van der Waals surface area contributed by atoms with Crippen LogP contribution in [0.2, 0.25) is 0 Å². The Bertz CT molecular complexity index is 794. The minimum atomic E-state index is -0.431. The maximum atomic E-state index is 11.9. The average molecular weight is 399 g/mol. The largest absolute Gasteiger partial charge is 0.373 e. The molecule has 4 rings (SSSR count). The standard InChI is InChI=1S/C22H29N3O4/c1-29-22(16-5-2-4-15(12-16)21(23)28)17-6-3-7-18(22)14-24(13-17)10-11-25-19(26)8-9-20(25)27/h2,4-5,12,17-18H,3,6-11,13-14H2,1H3,(H2,23,28)/t17-,18+,22-. The summed E-state index contributed by atoms with van der Waals surface area (Å²) in [6.45, 7) is 2.86. The van der Waals surface area contributed by atoms with Gasteiger partial charge in [0.25, 0.3) is 0 Å². The lowest BCUT2D eigenvalue weighted by Gasteiger charge is -2.55. The Balaban J connectivity index is 1.54. The molecule has 7 heteroatoms. The van der Waals surface area contributed by atoms with Crippen LogP contribution in [-0.4, -0.2) is 60.8 Å². The van der Waals surface area contributed by atoms with Crippen molar-refractivity contribution in [3.8, 4) is 0 Å². The van der Waals surface area contributed by atoms with E-state index in [1.54, 1.807) is 13.2 Å². The quantitative estimate of drug-likeness (QED) is 0.732. The van der Waals surface area contributed by atoms with Crippen LogP contribution in [0.15, 0.2) is 24.3 Å². The van der Waals surface area contributed by atoms with Gasteiger partial charge in [0, 0.05) is 63.5 Å². The normalized spacial score (nSPS) is 30.0. The molecule has 7 nitrogen and oxygen atoms in total. The van der Waals surface area contributed by atoms with Crippen molar-refractivity contribution in [3.05, 3.63) is 35.4 Å². The summed E-state index contributed by atoms with van der Waals surface area (Å²) in [6, 6.07) is 7.54. The van der Waals surface area contributed by atoms with Gasteiger partial charge in [0.05, 0.1) is 0 Å². The fourth-order valence-corrected chi connectivity index (χ4v) is 5.66. The van der Waals surface area contributed by atoms with E-state index in [2.05, 4.69) is 4.90 Å². The zero-order chi connectivity index (χ0) is 20.6. The van der Waals surface area contributed by atoms with Crippen molar-refractivity contribution in [2.75, 3.05) is 33.3 Å². The van der Waals surface area contributed by atoms with Gasteiger partial charge in [0.2, 0.25) is 17.7 Å². The summed E-state index contributed by atoms with van der Waals surface area (Å²) < 4.78 is 6.23. The first-order chi connectivity index (χ1) is 14.0. The molecular weight excluding hydrogens is 370 g/mol. The van der Waals surface area contributed by atoms with Gasteiger partial charge in [0.15, 0.2) is 0 Å². The molecule has 2 bridgehead atoms. The van der Waals surface area contributed by atoms with E-state index >= 15 is 0 Å². The third-order valence-corrected chi connectivity index (χ3v) is 7.01. The molecule has 0 unspecified atom stereocenters. The first-order valence-corrected chi connectivity index (χ1v) is 10.5. The number of amides is 3. The number of carbonyl (C=O) groups excluding carboxylic acids is 3. The predicted octanol–water partition coefficient (Wildman–Crippen LogP) is 1.51. The lowest BCUT2D eigenvalue weighted by molar-refractivity contribution is -0.169. The van der Waals surface area contributed by atoms with E-state index in [4.69, 9.17) is 10.5 Å². The van der Waals surface area contributed by atoms with Gasteiger partial charge in [-0.1, -0.05) is 18.6 Å². The van der Waals surface area contributed by atoms with Crippen LogP contribution >= 0.6 is 0 Å². The van der Waals surface area contributed by atoms with E-state index in [1.165, 1.54) is 4.90 Å². The number of carbonyl (C=O) groups is 3. The molecule has 156 valence electrons. The number of nitrogens with two attached hydrogens (primary N) is 1. The van der Waals surface area contributed by atoms with Crippen molar-refractivity contribution in [1.82, 2.24) is 9.80 Å². The van der Waals surface area contributed by atoms with E-state index in [1.807, 2.05) is 18.2 Å². The molecule has 1 aliphatic carbocycles. The summed E-state index contributed by atoms with van der Waals surface area (Å²) in [6.07, 6.45) is 3.93. The molecule has 2 aliphatic heterocycles. The molecule has 0 aromatic heterocycles. The number of hydrogen-bond donors (Lipinski definition) is 1. The van der Waals surface area contributed by atoms with Crippen LogP contribution in [-0.2, 0) is 19.9 Å². The van der Waals surface area contributed by atoms with Crippen molar-refractivity contribution >= 4 is 17.7 Å². The van der Waals surface area contributed by atoms with E-state index in [-0.39, 0.29) is 23.7 Å². The summed E-state index contributed by atoms with van der Waals surface area (Å²) in [5.41, 5.74) is 6.61. The minimum absolute atomic E-state index is 0.0540. The SMILES string of the molecule is CO[C@]1(c2cccc(C(N)=O)c2)[C@@H]2CCC[C@H]1CN(CCN1C(=O)CCC1=O)C2. The second-order valence-corrected chi connectivity index (χ2v) is 8.47. The Morgan fingerprint density at radius 2 is 1.79 bits per heavy atom. The zero-order valence-electron chi connectivity index (χ0n) is 16.9. The number of imide groups is 1. The number of benzene rings is 1. The third-order valence-electron chi connectivity index (χ3n) is 7.01. The first-order valence-electron chi connectivity index (χ1n) is 10.5. The van der Waals surface area contributed by atoms with Gasteiger partial charge in [-0.2, -0.15) is 0 Å². The van der Waals surface area contributed by atoms with E-state index in [0.29, 0.717) is 31.5 Å². The minimum Gasteiger partial charge on any atom is -0.373 e. The van der Waals surface area contributed by atoms with Crippen molar-refractivity contribution in [3.63, 3.8) is 0 Å². The number of methoxy groups -OCH3 is 1.